The highest BCUT2D eigenvalue weighted by molar-refractivity contribution is 5.94. The first kappa shape index (κ1) is 17.5. The highest BCUT2D eigenvalue weighted by atomic mass is 16.2. The Kier molecular flexibility index (Phi) is 5.32. The lowest BCUT2D eigenvalue weighted by molar-refractivity contribution is 0.0684. The molecular formula is C21H25N5O. The van der Waals surface area contributed by atoms with Crippen molar-refractivity contribution in [2.45, 2.75) is 32.4 Å². The standard InChI is InChI=1S/C21H25N5O/c27-21(20-5-1-4-19(16-20)17-26-12-3-10-23-26)24-13-6-18(7-14-24)8-15-25-11-2-9-22-25/h1-5,9-12,16,18H,6-8,13-15,17H2. The fraction of sp³-hybridized carbons (Fsp3) is 0.381. The van der Waals surface area contributed by atoms with E-state index in [9.17, 15) is 4.79 Å². The highest BCUT2D eigenvalue weighted by Gasteiger charge is 2.23. The Morgan fingerprint density at radius 1 is 1.00 bits per heavy atom. The second-order valence-corrected chi connectivity index (χ2v) is 7.20. The van der Waals surface area contributed by atoms with E-state index in [1.165, 1.54) is 0 Å². The van der Waals surface area contributed by atoms with Crippen molar-refractivity contribution >= 4 is 5.91 Å². The SMILES string of the molecule is O=C(c1cccc(Cn2cccn2)c1)N1CCC(CCn2cccn2)CC1. The molecule has 0 radical (unpaired) electrons. The molecule has 0 saturated carbocycles. The number of carbonyl (C=O) groups is 1. The fourth-order valence-corrected chi connectivity index (χ4v) is 3.74. The van der Waals surface area contributed by atoms with Gasteiger partial charge in [-0.2, -0.15) is 10.2 Å². The Bertz CT molecular complexity index is 849. The molecule has 0 unspecified atom stereocenters. The summed E-state index contributed by atoms with van der Waals surface area (Å²) in [5, 5.41) is 8.50. The van der Waals surface area contributed by atoms with E-state index < -0.39 is 0 Å². The molecule has 3 aromatic rings. The number of aromatic nitrogens is 4. The largest absolute Gasteiger partial charge is 0.339 e. The van der Waals surface area contributed by atoms with Crippen LogP contribution in [0.1, 0.15) is 35.2 Å². The van der Waals surface area contributed by atoms with E-state index in [4.69, 9.17) is 0 Å². The van der Waals surface area contributed by atoms with E-state index in [1.54, 1.807) is 6.20 Å². The van der Waals surface area contributed by atoms with E-state index in [-0.39, 0.29) is 5.91 Å². The van der Waals surface area contributed by atoms with Gasteiger partial charge in [0.2, 0.25) is 0 Å². The van der Waals surface area contributed by atoms with Crippen LogP contribution >= 0.6 is 0 Å². The van der Waals surface area contributed by atoms with Crippen LogP contribution in [0.3, 0.4) is 0 Å². The molecule has 140 valence electrons. The Hall–Kier alpha value is -2.89. The lowest BCUT2D eigenvalue weighted by atomic mass is 9.93. The number of likely N-dealkylation sites (tertiary alicyclic amines) is 1. The van der Waals surface area contributed by atoms with E-state index in [2.05, 4.69) is 10.2 Å². The van der Waals surface area contributed by atoms with Gasteiger partial charge in [0.15, 0.2) is 0 Å². The monoisotopic (exact) mass is 363 g/mol. The molecule has 27 heavy (non-hydrogen) atoms. The molecule has 0 spiro atoms. The third-order valence-corrected chi connectivity index (χ3v) is 5.31. The number of hydrogen-bond acceptors (Lipinski definition) is 3. The zero-order valence-corrected chi connectivity index (χ0v) is 15.4. The maximum Gasteiger partial charge on any atom is 0.253 e. The van der Waals surface area contributed by atoms with Crippen LogP contribution in [0.4, 0.5) is 0 Å². The molecule has 6 heteroatoms. The van der Waals surface area contributed by atoms with Crippen LogP contribution in [0.5, 0.6) is 0 Å². The molecule has 0 atom stereocenters. The van der Waals surface area contributed by atoms with Gasteiger partial charge in [0.25, 0.3) is 5.91 Å². The Morgan fingerprint density at radius 3 is 2.44 bits per heavy atom. The minimum atomic E-state index is 0.142. The van der Waals surface area contributed by atoms with Crippen LogP contribution in [0.15, 0.2) is 61.2 Å². The molecule has 1 aliphatic heterocycles. The van der Waals surface area contributed by atoms with Crippen molar-refractivity contribution in [3.05, 3.63) is 72.3 Å². The smallest absolute Gasteiger partial charge is 0.253 e. The van der Waals surface area contributed by atoms with Crippen LogP contribution in [0.2, 0.25) is 0 Å². The van der Waals surface area contributed by atoms with Crippen LogP contribution in [0.25, 0.3) is 0 Å². The molecule has 0 N–H and O–H groups in total. The molecular weight excluding hydrogens is 338 g/mol. The van der Waals surface area contributed by atoms with Gasteiger partial charge < -0.3 is 4.90 Å². The first-order valence-electron chi connectivity index (χ1n) is 9.61. The van der Waals surface area contributed by atoms with Crippen LogP contribution < -0.4 is 0 Å². The predicted octanol–water partition coefficient (Wildman–Crippen LogP) is 3.07. The molecule has 1 amide bonds. The maximum absolute atomic E-state index is 12.9. The number of benzene rings is 1. The van der Waals surface area contributed by atoms with E-state index in [0.29, 0.717) is 12.5 Å². The molecule has 1 fully saturated rings. The second kappa shape index (κ2) is 8.20. The van der Waals surface area contributed by atoms with Gasteiger partial charge in [-0.15, -0.1) is 0 Å². The summed E-state index contributed by atoms with van der Waals surface area (Å²) in [5.41, 5.74) is 1.87. The number of piperidine rings is 1. The summed E-state index contributed by atoms with van der Waals surface area (Å²) in [5.74, 6) is 0.812. The number of aryl methyl sites for hydroxylation is 1. The van der Waals surface area contributed by atoms with E-state index in [0.717, 1.165) is 50.0 Å². The molecule has 0 aliphatic carbocycles. The number of carbonyl (C=O) groups excluding carboxylic acids is 1. The normalized spacial score (nSPS) is 15.2. The van der Waals surface area contributed by atoms with Crippen LogP contribution in [0, 0.1) is 5.92 Å². The Balaban J connectivity index is 1.31. The van der Waals surface area contributed by atoms with Gasteiger partial charge in [0, 0.05) is 50.0 Å². The zero-order valence-electron chi connectivity index (χ0n) is 15.4. The minimum Gasteiger partial charge on any atom is -0.339 e. The third-order valence-electron chi connectivity index (χ3n) is 5.31. The Morgan fingerprint density at radius 2 is 1.74 bits per heavy atom. The number of rotatable bonds is 6. The predicted molar refractivity (Wildman–Crippen MR) is 103 cm³/mol. The summed E-state index contributed by atoms with van der Waals surface area (Å²) < 4.78 is 3.86. The summed E-state index contributed by atoms with van der Waals surface area (Å²) in [6.45, 7) is 3.32. The molecule has 1 saturated heterocycles. The molecule has 0 bridgehead atoms. The Labute approximate surface area is 159 Å². The second-order valence-electron chi connectivity index (χ2n) is 7.20. The van der Waals surface area contributed by atoms with Crippen molar-refractivity contribution in [1.29, 1.82) is 0 Å². The van der Waals surface area contributed by atoms with Gasteiger partial charge in [-0.1, -0.05) is 12.1 Å². The first-order chi connectivity index (χ1) is 13.3. The van der Waals surface area contributed by atoms with Crippen molar-refractivity contribution in [3.8, 4) is 0 Å². The zero-order chi connectivity index (χ0) is 18.5. The van der Waals surface area contributed by atoms with Crippen molar-refractivity contribution in [1.82, 2.24) is 24.5 Å². The van der Waals surface area contributed by atoms with Crippen molar-refractivity contribution in [2.24, 2.45) is 5.92 Å². The molecule has 2 aromatic heterocycles. The molecule has 6 nitrogen and oxygen atoms in total. The average molecular weight is 363 g/mol. The topological polar surface area (TPSA) is 56.0 Å². The van der Waals surface area contributed by atoms with Gasteiger partial charge >= 0.3 is 0 Å². The minimum absolute atomic E-state index is 0.142. The van der Waals surface area contributed by atoms with Crippen molar-refractivity contribution in [3.63, 3.8) is 0 Å². The van der Waals surface area contributed by atoms with Gasteiger partial charge in [0.05, 0.1) is 6.54 Å². The highest BCUT2D eigenvalue weighted by Crippen LogP contribution is 2.22. The number of amides is 1. The maximum atomic E-state index is 12.9. The summed E-state index contributed by atoms with van der Waals surface area (Å²) in [6.07, 6.45) is 10.8. The third kappa shape index (κ3) is 4.45. The molecule has 3 heterocycles. The summed E-state index contributed by atoms with van der Waals surface area (Å²) in [4.78, 5) is 14.9. The van der Waals surface area contributed by atoms with Crippen molar-refractivity contribution < 1.29 is 4.79 Å². The van der Waals surface area contributed by atoms with Crippen LogP contribution in [-0.2, 0) is 13.1 Å². The summed E-state index contributed by atoms with van der Waals surface area (Å²) in [7, 11) is 0. The quantitative estimate of drug-likeness (QED) is 0.676. The van der Waals surface area contributed by atoms with Gasteiger partial charge in [0.1, 0.15) is 0 Å². The van der Waals surface area contributed by atoms with Gasteiger partial charge in [-0.05, 0) is 55.0 Å². The van der Waals surface area contributed by atoms with Gasteiger partial charge in [-0.3, -0.25) is 14.2 Å². The lowest BCUT2D eigenvalue weighted by Crippen LogP contribution is -2.38. The lowest BCUT2D eigenvalue weighted by Gasteiger charge is -2.32. The number of nitrogens with zero attached hydrogens (tertiary/aromatic N) is 5. The van der Waals surface area contributed by atoms with E-state index >= 15 is 0 Å². The number of hydrogen-bond donors (Lipinski definition) is 0. The molecule has 1 aromatic carbocycles. The summed E-state index contributed by atoms with van der Waals surface area (Å²) in [6, 6.07) is 11.8. The van der Waals surface area contributed by atoms with E-state index in [1.807, 2.05) is 69.3 Å². The van der Waals surface area contributed by atoms with Crippen molar-refractivity contribution in [2.75, 3.05) is 13.1 Å². The van der Waals surface area contributed by atoms with Gasteiger partial charge in [-0.25, -0.2) is 0 Å². The molecule has 4 rings (SSSR count). The summed E-state index contributed by atoms with van der Waals surface area (Å²) >= 11 is 0. The first-order valence-corrected chi connectivity index (χ1v) is 9.61. The van der Waals surface area contributed by atoms with Crippen LogP contribution in [-0.4, -0.2) is 43.5 Å². The average Bonchev–Trinajstić information content (AvgIpc) is 3.41. The fourth-order valence-electron chi connectivity index (χ4n) is 3.74. The molecule has 1 aliphatic rings.